The van der Waals surface area contributed by atoms with Crippen molar-refractivity contribution in [3.8, 4) is 0 Å². The van der Waals surface area contributed by atoms with E-state index in [1.165, 1.54) is 12.5 Å². The first kappa shape index (κ1) is 14.9. The Labute approximate surface area is 122 Å². The van der Waals surface area contributed by atoms with Crippen molar-refractivity contribution in [1.29, 1.82) is 0 Å². The van der Waals surface area contributed by atoms with Crippen LogP contribution in [0.5, 0.6) is 0 Å². The molecule has 106 valence electrons. The van der Waals surface area contributed by atoms with E-state index in [1.54, 1.807) is 12.1 Å². The van der Waals surface area contributed by atoms with E-state index in [1.807, 2.05) is 0 Å². The van der Waals surface area contributed by atoms with Gasteiger partial charge in [0.25, 0.3) is 0 Å². The molecular formula is C15H21BrFNO. The Bertz CT molecular complexity index is 440. The molecule has 1 saturated carbocycles. The van der Waals surface area contributed by atoms with Crippen LogP contribution < -0.4 is 5.32 Å². The maximum atomic E-state index is 13.2. The van der Waals surface area contributed by atoms with E-state index in [2.05, 4.69) is 28.2 Å². The Kier molecular flexibility index (Phi) is 4.98. The second-order valence-electron chi connectivity index (χ2n) is 5.74. The number of aliphatic hydroxyl groups is 1. The Morgan fingerprint density at radius 2 is 2.32 bits per heavy atom. The van der Waals surface area contributed by atoms with E-state index in [9.17, 15) is 9.50 Å². The van der Waals surface area contributed by atoms with Gasteiger partial charge >= 0.3 is 0 Å². The van der Waals surface area contributed by atoms with Crippen molar-refractivity contribution in [2.45, 2.75) is 44.7 Å². The van der Waals surface area contributed by atoms with E-state index in [-0.39, 0.29) is 18.0 Å². The summed E-state index contributed by atoms with van der Waals surface area (Å²) < 4.78 is 13.7. The van der Waals surface area contributed by atoms with Gasteiger partial charge in [-0.05, 0) is 52.4 Å². The lowest BCUT2D eigenvalue weighted by Gasteiger charge is -2.39. The van der Waals surface area contributed by atoms with Gasteiger partial charge in [0, 0.05) is 12.1 Å². The topological polar surface area (TPSA) is 32.3 Å². The van der Waals surface area contributed by atoms with Crippen molar-refractivity contribution in [2.24, 2.45) is 5.92 Å². The van der Waals surface area contributed by atoms with Crippen LogP contribution in [0.2, 0.25) is 0 Å². The lowest BCUT2D eigenvalue weighted by molar-refractivity contribution is 0.0982. The average molecular weight is 330 g/mol. The van der Waals surface area contributed by atoms with Crippen molar-refractivity contribution in [3.63, 3.8) is 0 Å². The molecular weight excluding hydrogens is 309 g/mol. The van der Waals surface area contributed by atoms with Crippen molar-refractivity contribution in [1.82, 2.24) is 5.32 Å². The second-order valence-corrected chi connectivity index (χ2v) is 6.60. The number of hydrogen-bond acceptors (Lipinski definition) is 2. The van der Waals surface area contributed by atoms with Crippen LogP contribution in [0.25, 0.3) is 0 Å². The third-order valence-corrected chi connectivity index (χ3v) is 4.65. The van der Waals surface area contributed by atoms with Crippen LogP contribution >= 0.6 is 15.9 Å². The van der Waals surface area contributed by atoms with Gasteiger partial charge in [-0.2, -0.15) is 0 Å². The summed E-state index contributed by atoms with van der Waals surface area (Å²) in [6.45, 7) is 3.06. The molecule has 0 radical (unpaired) electrons. The van der Waals surface area contributed by atoms with Crippen molar-refractivity contribution < 1.29 is 9.50 Å². The van der Waals surface area contributed by atoms with Crippen molar-refractivity contribution in [3.05, 3.63) is 34.1 Å². The number of benzene rings is 1. The molecule has 19 heavy (non-hydrogen) atoms. The summed E-state index contributed by atoms with van der Waals surface area (Å²) in [6, 6.07) is 5.04. The molecule has 0 heterocycles. The largest absolute Gasteiger partial charge is 0.394 e. The molecule has 2 unspecified atom stereocenters. The van der Waals surface area contributed by atoms with Crippen LogP contribution in [0.15, 0.2) is 22.7 Å². The highest BCUT2D eigenvalue weighted by Crippen LogP contribution is 2.32. The van der Waals surface area contributed by atoms with Crippen molar-refractivity contribution >= 4 is 15.9 Å². The lowest BCUT2D eigenvalue weighted by Crippen LogP contribution is -2.51. The smallest absolute Gasteiger partial charge is 0.137 e. The van der Waals surface area contributed by atoms with Gasteiger partial charge in [0.15, 0.2) is 0 Å². The van der Waals surface area contributed by atoms with Crippen LogP contribution in [0.1, 0.15) is 38.2 Å². The zero-order valence-corrected chi connectivity index (χ0v) is 12.8. The Morgan fingerprint density at radius 1 is 1.53 bits per heavy atom. The molecule has 0 aromatic heterocycles. The minimum atomic E-state index is -0.244. The van der Waals surface area contributed by atoms with Crippen LogP contribution in [-0.2, 0) is 6.54 Å². The quantitative estimate of drug-likeness (QED) is 0.884. The standard InChI is InChI=1S/C15H21BrFNO/c1-11-3-2-6-15(8-11,10-19)18-9-12-4-5-14(17)13(16)7-12/h4-5,7,11,18-19H,2-3,6,8-10H2,1H3. The third kappa shape index (κ3) is 3.77. The lowest BCUT2D eigenvalue weighted by atomic mass is 9.77. The summed E-state index contributed by atoms with van der Waals surface area (Å²) in [5.41, 5.74) is 0.859. The highest BCUT2D eigenvalue weighted by molar-refractivity contribution is 9.10. The number of hydrogen-bond donors (Lipinski definition) is 2. The highest BCUT2D eigenvalue weighted by Gasteiger charge is 2.33. The highest BCUT2D eigenvalue weighted by atomic mass is 79.9. The van der Waals surface area contributed by atoms with Gasteiger partial charge in [-0.25, -0.2) is 4.39 Å². The predicted octanol–water partition coefficient (Wildman–Crippen LogP) is 3.62. The van der Waals surface area contributed by atoms with Gasteiger partial charge in [-0.15, -0.1) is 0 Å². The first-order chi connectivity index (χ1) is 9.04. The molecule has 4 heteroatoms. The Morgan fingerprint density at radius 3 is 2.95 bits per heavy atom. The van der Waals surface area contributed by atoms with E-state index in [0.29, 0.717) is 16.9 Å². The van der Waals surface area contributed by atoms with Crippen LogP contribution in [0.3, 0.4) is 0 Å². The molecule has 1 aromatic carbocycles. The Balaban J connectivity index is 2.01. The van der Waals surface area contributed by atoms with E-state index in [0.717, 1.165) is 24.8 Å². The zero-order chi connectivity index (χ0) is 13.9. The summed E-state index contributed by atoms with van der Waals surface area (Å²) in [6.07, 6.45) is 4.41. The molecule has 0 aliphatic heterocycles. The fourth-order valence-corrected chi connectivity index (χ4v) is 3.39. The maximum Gasteiger partial charge on any atom is 0.137 e. The summed E-state index contributed by atoms with van der Waals surface area (Å²) in [4.78, 5) is 0. The number of aliphatic hydroxyl groups excluding tert-OH is 1. The molecule has 0 spiro atoms. The van der Waals surface area contributed by atoms with Crippen LogP contribution in [0, 0.1) is 11.7 Å². The van der Waals surface area contributed by atoms with Crippen molar-refractivity contribution in [2.75, 3.05) is 6.61 Å². The Hall–Kier alpha value is -0.450. The summed E-state index contributed by atoms with van der Waals surface area (Å²) in [5, 5.41) is 13.2. The van der Waals surface area contributed by atoms with Gasteiger partial charge in [-0.1, -0.05) is 25.8 Å². The molecule has 2 atom stereocenters. The molecule has 1 fully saturated rings. The SMILES string of the molecule is CC1CCCC(CO)(NCc2ccc(F)c(Br)c2)C1. The van der Waals surface area contributed by atoms with Gasteiger partial charge in [-0.3, -0.25) is 0 Å². The second kappa shape index (κ2) is 6.33. The first-order valence-electron chi connectivity index (χ1n) is 6.84. The number of rotatable bonds is 4. The van der Waals surface area contributed by atoms with Gasteiger partial charge in [0.2, 0.25) is 0 Å². The molecule has 1 aliphatic carbocycles. The first-order valence-corrected chi connectivity index (χ1v) is 7.64. The van der Waals surface area contributed by atoms with Crippen LogP contribution in [-0.4, -0.2) is 17.3 Å². The monoisotopic (exact) mass is 329 g/mol. The zero-order valence-electron chi connectivity index (χ0n) is 11.3. The van der Waals surface area contributed by atoms with Gasteiger partial charge < -0.3 is 10.4 Å². The van der Waals surface area contributed by atoms with Gasteiger partial charge in [0.1, 0.15) is 5.82 Å². The van der Waals surface area contributed by atoms with Crippen LogP contribution in [0.4, 0.5) is 4.39 Å². The normalized spacial score (nSPS) is 27.5. The molecule has 2 rings (SSSR count). The summed E-state index contributed by atoms with van der Waals surface area (Å²) in [7, 11) is 0. The molecule has 2 N–H and O–H groups in total. The number of nitrogens with one attached hydrogen (secondary N) is 1. The fraction of sp³-hybridized carbons (Fsp3) is 0.600. The molecule has 0 bridgehead atoms. The predicted molar refractivity (Wildman–Crippen MR) is 78.4 cm³/mol. The molecule has 1 aliphatic rings. The minimum Gasteiger partial charge on any atom is -0.394 e. The number of halogens is 2. The maximum absolute atomic E-state index is 13.2. The van der Waals surface area contributed by atoms with E-state index < -0.39 is 0 Å². The summed E-state index contributed by atoms with van der Waals surface area (Å²) in [5.74, 6) is 0.403. The molecule has 2 nitrogen and oxygen atoms in total. The minimum absolute atomic E-state index is 0.166. The van der Waals surface area contributed by atoms with E-state index >= 15 is 0 Å². The third-order valence-electron chi connectivity index (χ3n) is 4.05. The van der Waals surface area contributed by atoms with Gasteiger partial charge in [0.05, 0.1) is 11.1 Å². The average Bonchev–Trinajstić information content (AvgIpc) is 2.40. The summed E-state index contributed by atoms with van der Waals surface area (Å²) >= 11 is 3.20. The van der Waals surface area contributed by atoms with E-state index in [4.69, 9.17) is 0 Å². The molecule has 0 saturated heterocycles. The fourth-order valence-electron chi connectivity index (χ4n) is 2.96. The molecule has 1 aromatic rings. The molecule has 0 amide bonds.